The van der Waals surface area contributed by atoms with Crippen LogP contribution in [0.5, 0.6) is 5.88 Å². The van der Waals surface area contributed by atoms with Crippen molar-refractivity contribution >= 4 is 37.6 Å². The molecule has 2 aromatic heterocycles. The minimum atomic E-state index is -3.19. The summed E-state index contributed by atoms with van der Waals surface area (Å²) in [6, 6.07) is 13.5. The summed E-state index contributed by atoms with van der Waals surface area (Å²) < 4.78 is 31.6. The van der Waals surface area contributed by atoms with Crippen molar-refractivity contribution in [2.45, 2.75) is 38.8 Å². The van der Waals surface area contributed by atoms with Crippen molar-refractivity contribution < 1.29 is 13.2 Å². The van der Waals surface area contributed by atoms with E-state index in [0.717, 1.165) is 27.4 Å². The van der Waals surface area contributed by atoms with Crippen molar-refractivity contribution in [2.24, 2.45) is 0 Å². The van der Waals surface area contributed by atoms with Crippen LogP contribution in [-0.2, 0) is 10.0 Å². The van der Waals surface area contributed by atoms with Crippen LogP contribution in [0.25, 0.3) is 21.8 Å². The smallest absolute Gasteiger partial charge is 0.225 e. The normalized spacial score (nSPS) is 16.4. The first-order valence-electron chi connectivity index (χ1n) is 11.6. The Balaban J connectivity index is 1.45. The fourth-order valence-electron chi connectivity index (χ4n) is 4.44. The number of anilines is 1. The molecule has 10 heteroatoms. The quantitative estimate of drug-likeness (QED) is 0.432. The summed E-state index contributed by atoms with van der Waals surface area (Å²) in [6.07, 6.45) is 3.89. The van der Waals surface area contributed by atoms with Gasteiger partial charge in [-0.1, -0.05) is 24.3 Å². The molecule has 0 unspecified atom stereocenters. The molecule has 0 bridgehead atoms. The van der Waals surface area contributed by atoms with E-state index in [-0.39, 0.29) is 12.1 Å². The molecule has 1 fully saturated rings. The molecule has 0 spiro atoms. The number of nitrogens with zero attached hydrogens (tertiary/aromatic N) is 5. The molecule has 0 aliphatic carbocycles. The minimum Gasteiger partial charge on any atom is -0.474 e. The number of piperidine rings is 1. The average molecular weight is 493 g/mol. The van der Waals surface area contributed by atoms with Gasteiger partial charge in [0.1, 0.15) is 18.2 Å². The number of fused-ring (bicyclic) bond motifs is 2. The molecule has 182 valence electrons. The monoisotopic (exact) mass is 492 g/mol. The highest BCUT2D eigenvalue weighted by Crippen LogP contribution is 2.31. The predicted molar refractivity (Wildman–Crippen MR) is 136 cm³/mol. The molecule has 1 N–H and O–H groups in total. The van der Waals surface area contributed by atoms with Gasteiger partial charge < -0.3 is 10.1 Å². The summed E-state index contributed by atoms with van der Waals surface area (Å²) in [5.41, 5.74) is 2.69. The summed E-state index contributed by atoms with van der Waals surface area (Å²) in [4.78, 5) is 18.4. The molecule has 1 aliphatic rings. The van der Waals surface area contributed by atoms with Gasteiger partial charge >= 0.3 is 0 Å². The second-order valence-electron chi connectivity index (χ2n) is 8.94. The van der Waals surface area contributed by atoms with Gasteiger partial charge in [0.2, 0.25) is 15.9 Å². The van der Waals surface area contributed by atoms with E-state index in [1.807, 2.05) is 56.3 Å². The fraction of sp³-hybridized carbons (Fsp3) is 0.360. The molecular formula is C25H28N6O3S. The average Bonchev–Trinajstić information content (AvgIpc) is 2.84. The second-order valence-corrected chi connectivity index (χ2v) is 10.9. The van der Waals surface area contributed by atoms with Gasteiger partial charge in [-0.05, 0) is 50.5 Å². The van der Waals surface area contributed by atoms with Crippen molar-refractivity contribution in [1.82, 2.24) is 24.2 Å². The zero-order chi connectivity index (χ0) is 24.6. The minimum absolute atomic E-state index is 0.118. The van der Waals surface area contributed by atoms with E-state index in [9.17, 15) is 8.42 Å². The molecule has 9 nitrogen and oxygen atoms in total. The third-order valence-electron chi connectivity index (χ3n) is 6.35. The van der Waals surface area contributed by atoms with Crippen LogP contribution in [0, 0.1) is 6.92 Å². The lowest BCUT2D eigenvalue weighted by molar-refractivity contribution is 0.131. The third kappa shape index (κ3) is 4.89. The van der Waals surface area contributed by atoms with Crippen LogP contribution in [0.15, 0.2) is 48.8 Å². The molecule has 1 aliphatic heterocycles. The van der Waals surface area contributed by atoms with E-state index in [0.29, 0.717) is 43.5 Å². The topological polar surface area (TPSA) is 110 Å². The Morgan fingerprint density at radius 2 is 1.77 bits per heavy atom. The van der Waals surface area contributed by atoms with Crippen LogP contribution in [0.3, 0.4) is 0 Å². The highest BCUT2D eigenvalue weighted by atomic mass is 32.2. The number of ether oxygens (including phenoxy) is 1. The largest absolute Gasteiger partial charge is 0.474 e. The van der Waals surface area contributed by atoms with E-state index in [4.69, 9.17) is 14.7 Å². The molecular weight excluding hydrogens is 464 g/mol. The summed E-state index contributed by atoms with van der Waals surface area (Å²) in [5.74, 6) is 1.84. The van der Waals surface area contributed by atoms with Crippen molar-refractivity contribution in [3.63, 3.8) is 0 Å². The SMILES string of the molecule is Cc1cccc2nc([C@H](C)Nc3ncnc4ccccc34)nc(OC3CCN(S(C)(=O)=O)CC3)c12. The van der Waals surface area contributed by atoms with Crippen LogP contribution in [-0.4, -0.2) is 58.1 Å². The van der Waals surface area contributed by atoms with Gasteiger partial charge in [-0.2, -0.15) is 4.98 Å². The van der Waals surface area contributed by atoms with Crippen molar-refractivity contribution in [2.75, 3.05) is 24.7 Å². The number of nitrogens with one attached hydrogen (secondary N) is 1. The highest BCUT2D eigenvalue weighted by Gasteiger charge is 2.27. The van der Waals surface area contributed by atoms with Crippen molar-refractivity contribution in [3.8, 4) is 5.88 Å². The summed E-state index contributed by atoms with van der Waals surface area (Å²) in [7, 11) is -3.19. The van der Waals surface area contributed by atoms with Crippen LogP contribution < -0.4 is 10.1 Å². The lowest BCUT2D eigenvalue weighted by Gasteiger charge is -2.30. The Bertz CT molecular complexity index is 1480. The Hall–Kier alpha value is -3.37. The molecule has 0 amide bonds. The van der Waals surface area contributed by atoms with Gasteiger partial charge in [0.25, 0.3) is 0 Å². The van der Waals surface area contributed by atoms with Crippen LogP contribution in [0.2, 0.25) is 0 Å². The number of hydrogen-bond donors (Lipinski definition) is 1. The maximum atomic E-state index is 11.9. The zero-order valence-corrected chi connectivity index (χ0v) is 20.8. The number of sulfonamides is 1. The fourth-order valence-corrected chi connectivity index (χ4v) is 5.31. The first-order chi connectivity index (χ1) is 16.8. The van der Waals surface area contributed by atoms with Gasteiger partial charge in [0, 0.05) is 18.5 Å². The van der Waals surface area contributed by atoms with Crippen LogP contribution in [0.1, 0.15) is 37.2 Å². The molecule has 0 saturated carbocycles. The predicted octanol–water partition coefficient (Wildman–Crippen LogP) is 3.86. The van der Waals surface area contributed by atoms with E-state index in [1.54, 1.807) is 6.33 Å². The second kappa shape index (κ2) is 9.35. The maximum absolute atomic E-state index is 11.9. The molecule has 0 radical (unpaired) electrons. The van der Waals surface area contributed by atoms with Gasteiger partial charge in [0.15, 0.2) is 5.82 Å². The molecule has 4 aromatic rings. The lowest BCUT2D eigenvalue weighted by Crippen LogP contribution is -2.41. The number of rotatable bonds is 6. The molecule has 3 heterocycles. The van der Waals surface area contributed by atoms with Crippen molar-refractivity contribution in [1.29, 1.82) is 0 Å². The van der Waals surface area contributed by atoms with Crippen LogP contribution in [0.4, 0.5) is 5.82 Å². The van der Waals surface area contributed by atoms with E-state index in [2.05, 4.69) is 15.3 Å². The first kappa shape index (κ1) is 23.4. The number of benzene rings is 2. The highest BCUT2D eigenvalue weighted by molar-refractivity contribution is 7.88. The first-order valence-corrected chi connectivity index (χ1v) is 13.5. The van der Waals surface area contributed by atoms with Gasteiger partial charge in [-0.25, -0.2) is 27.7 Å². The van der Waals surface area contributed by atoms with Crippen LogP contribution >= 0.6 is 0 Å². The van der Waals surface area contributed by atoms with Gasteiger partial charge in [-0.15, -0.1) is 0 Å². The molecule has 5 rings (SSSR count). The van der Waals surface area contributed by atoms with E-state index < -0.39 is 10.0 Å². The lowest BCUT2D eigenvalue weighted by atomic mass is 10.1. The summed E-state index contributed by atoms with van der Waals surface area (Å²) in [5, 5.41) is 5.23. The Labute approximate surface area is 204 Å². The summed E-state index contributed by atoms with van der Waals surface area (Å²) in [6.45, 7) is 4.88. The van der Waals surface area contributed by atoms with Gasteiger partial charge in [0.05, 0.1) is 28.7 Å². The Morgan fingerprint density at radius 3 is 2.54 bits per heavy atom. The maximum Gasteiger partial charge on any atom is 0.225 e. The van der Waals surface area contributed by atoms with E-state index in [1.165, 1.54) is 10.6 Å². The summed E-state index contributed by atoms with van der Waals surface area (Å²) >= 11 is 0. The van der Waals surface area contributed by atoms with Crippen molar-refractivity contribution in [3.05, 3.63) is 60.2 Å². The van der Waals surface area contributed by atoms with Gasteiger partial charge in [-0.3, -0.25) is 0 Å². The number of aromatic nitrogens is 4. The zero-order valence-electron chi connectivity index (χ0n) is 20.0. The molecule has 1 atom stereocenters. The Kier molecular flexibility index (Phi) is 6.24. The standard InChI is InChI=1S/C25H28N6O3S/c1-16-7-6-10-21-22(16)25(34-18-11-13-31(14-12-18)35(3,32)33)30-23(29-21)17(2)28-24-19-8-4-5-9-20(19)26-15-27-24/h4-10,15,17-18H,11-14H2,1-3H3,(H,26,27,28)/t17-/m0/s1. The molecule has 35 heavy (non-hydrogen) atoms. The van der Waals surface area contributed by atoms with E-state index >= 15 is 0 Å². The third-order valence-corrected chi connectivity index (χ3v) is 7.65. The number of aryl methyl sites for hydroxylation is 1. The number of para-hydroxylation sites is 1. The molecule has 2 aromatic carbocycles. The Morgan fingerprint density at radius 1 is 1.03 bits per heavy atom. The number of hydrogen-bond acceptors (Lipinski definition) is 8. The molecule has 1 saturated heterocycles.